The Morgan fingerprint density at radius 3 is 2.30 bits per heavy atom. The van der Waals surface area contributed by atoms with Gasteiger partial charge < -0.3 is 14.8 Å². The summed E-state index contributed by atoms with van der Waals surface area (Å²) in [6, 6.07) is 14.5. The second kappa shape index (κ2) is 11.0. The van der Waals surface area contributed by atoms with Gasteiger partial charge in [-0.15, -0.1) is 0 Å². The normalized spacial score (nSPS) is 10.3. The van der Waals surface area contributed by atoms with E-state index in [1.165, 1.54) is 5.56 Å². The summed E-state index contributed by atoms with van der Waals surface area (Å²) in [4.78, 5) is 23.8. The second-order valence-corrected chi connectivity index (χ2v) is 6.38. The van der Waals surface area contributed by atoms with Crippen LogP contribution < -0.4 is 10.1 Å². The summed E-state index contributed by atoms with van der Waals surface area (Å²) in [5, 5.41) is 2.82. The molecule has 0 fully saturated rings. The van der Waals surface area contributed by atoms with Gasteiger partial charge in [-0.05, 0) is 56.2 Å². The molecule has 0 spiro atoms. The molecule has 0 aliphatic heterocycles. The molecule has 2 aromatic rings. The van der Waals surface area contributed by atoms with Crippen molar-refractivity contribution < 1.29 is 19.1 Å². The number of hydrogen-bond acceptors (Lipinski definition) is 4. The molecule has 1 N–H and O–H groups in total. The molecule has 0 aliphatic carbocycles. The van der Waals surface area contributed by atoms with Crippen LogP contribution >= 0.6 is 0 Å². The van der Waals surface area contributed by atoms with E-state index in [-0.39, 0.29) is 11.9 Å². The van der Waals surface area contributed by atoms with Crippen LogP contribution in [-0.4, -0.2) is 25.1 Å². The predicted octanol–water partition coefficient (Wildman–Crippen LogP) is 4.75. The lowest BCUT2D eigenvalue weighted by Crippen LogP contribution is -2.13. The van der Waals surface area contributed by atoms with Crippen molar-refractivity contribution in [3.63, 3.8) is 0 Å². The third-order valence-corrected chi connectivity index (χ3v) is 3.97. The highest BCUT2D eigenvalue weighted by Crippen LogP contribution is 2.13. The number of rotatable bonds is 10. The fourth-order valence-corrected chi connectivity index (χ4v) is 2.36. The van der Waals surface area contributed by atoms with Gasteiger partial charge in [-0.3, -0.25) is 4.79 Å². The lowest BCUT2D eigenvalue weighted by atomic mass is 10.2. The fourth-order valence-electron chi connectivity index (χ4n) is 2.36. The van der Waals surface area contributed by atoms with Gasteiger partial charge in [-0.25, -0.2) is 4.79 Å². The van der Waals surface area contributed by atoms with E-state index < -0.39 is 0 Å². The summed E-state index contributed by atoms with van der Waals surface area (Å²) in [5.74, 6) is 0.387. The first-order valence-electron chi connectivity index (χ1n) is 9.35. The summed E-state index contributed by atoms with van der Waals surface area (Å²) >= 11 is 0. The molecular formula is C22H27NO4. The van der Waals surface area contributed by atoms with E-state index in [0.29, 0.717) is 37.3 Å². The van der Waals surface area contributed by atoms with Gasteiger partial charge in [0.15, 0.2) is 0 Å². The van der Waals surface area contributed by atoms with E-state index in [4.69, 9.17) is 9.47 Å². The van der Waals surface area contributed by atoms with Gasteiger partial charge in [0.25, 0.3) is 0 Å². The molecule has 27 heavy (non-hydrogen) atoms. The Hall–Kier alpha value is -2.82. The van der Waals surface area contributed by atoms with Crippen LogP contribution in [0.4, 0.5) is 5.69 Å². The van der Waals surface area contributed by atoms with Gasteiger partial charge >= 0.3 is 5.97 Å². The number of anilines is 1. The maximum Gasteiger partial charge on any atom is 0.338 e. The third kappa shape index (κ3) is 7.52. The minimum atomic E-state index is -0.338. The van der Waals surface area contributed by atoms with Gasteiger partial charge in [0.1, 0.15) is 5.75 Å². The van der Waals surface area contributed by atoms with Crippen LogP contribution in [0.2, 0.25) is 0 Å². The van der Waals surface area contributed by atoms with Crippen LogP contribution in [0.3, 0.4) is 0 Å². The summed E-state index contributed by atoms with van der Waals surface area (Å²) in [5.41, 5.74) is 2.32. The maximum atomic E-state index is 12.0. The highest BCUT2D eigenvalue weighted by Gasteiger charge is 2.08. The molecule has 0 heterocycles. The highest BCUT2D eigenvalue weighted by atomic mass is 16.5. The minimum absolute atomic E-state index is 0.0826. The number of hydrogen-bond donors (Lipinski definition) is 1. The van der Waals surface area contributed by atoms with Gasteiger partial charge in [0, 0.05) is 12.1 Å². The van der Waals surface area contributed by atoms with Crippen LogP contribution in [0.25, 0.3) is 0 Å². The number of nitrogens with one attached hydrogen (secondary N) is 1. The van der Waals surface area contributed by atoms with Gasteiger partial charge in [0.2, 0.25) is 5.91 Å². The van der Waals surface area contributed by atoms with E-state index in [9.17, 15) is 9.59 Å². The standard InChI is InChI=1S/C22H27NO4/c1-3-4-15-27-22(25)18-9-11-19(12-10-18)23-21(24)6-5-16-26-20-13-7-17(2)8-14-20/h7-14H,3-6,15-16H2,1-2H3,(H,23,24). The quantitative estimate of drug-likeness (QED) is 0.485. The predicted molar refractivity (Wildman–Crippen MR) is 106 cm³/mol. The summed E-state index contributed by atoms with van der Waals surface area (Å²) in [6.07, 6.45) is 2.83. The van der Waals surface area contributed by atoms with Crippen molar-refractivity contribution in [1.29, 1.82) is 0 Å². The molecule has 0 aliphatic rings. The zero-order valence-corrected chi connectivity index (χ0v) is 16.0. The SMILES string of the molecule is CCCCOC(=O)c1ccc(NC(=O)CCCOc2ccc(C)cc2)cc1. The molecule has 0 atom stereocenters. The summed E-state index contributed by atoms with van der Waals surface area (Å²) < 4.78 is 10.8. The molecule has 0 saturated heterocycles. The number of ether oxygens (including phenoxy) is 2. The number of amides is 1. The van der Waals surface area contributed by atoms with E-state index in [1.54, 1.807) is 24.3 Å². The van der Waals surface area contributed by atoms with Crippen molar-refractivity contribution in [3.05, 3.63) is 59.7 Å². The van der Waals surface area contributed by atoms with E-state index in [2.05, 4.69) is 5.32 Å². The molecule has 0 bridgehead atoms. The molecule has 0 unspecified atom stereocenters. The van der Waals surface area contributed by atoms with Gasteiger partial charge in [0.05, 0.1) is 18.8 Å². The first kappa shape index (κ1) is 20.5. The molecule has 0 saturated carbocycles. The largest absolute Gasteiger partial charge is 0.494 e. The molecule has 2 rings (SSSR count). The molecule has 0 radical (unpaired) electrons. The van der Waals surface area contributed by atoms with E-state index in [1.807, 2.05) is 38.1 Å². The second-order valence-electron chi connectivity index (χ2n) is 6.38. The van der Waals surface area contributed by atoms with Crippen LogP contribution in [0.15, 0.2) is 48.5 Å². The van der Waals surface area contributed by atoms with E-state index >= 15 is 0 Å². The third-order valence-electron chi connectivity index (χ3n) is 3.97. The molecule has 5 heteroatoms. The number of esters is 1. The van der Waals surface area contributed by atoms with Crippen LogP contribution in [0, 0.1) is 6.92 Å². The van der Waals surface area contributed by atoms with Crippen molar-refractivity contribution in [1.82, 2.24) is 0 Å². The monoisotopic (exact) mass is 369 g/mol. The average molecular weight is 369 g/mol. The Kier molecular flexibility index (Phi) is 8.36. The molecule has 2 aromatic carbocycles. The van der Waals surface area contributed by atoms with Gasteiger partial charge in [-0.1, -0.05) is 31.0 Å². The Labute approximate surface area is 160 Å². The Bertz CT molecular complexity index is 723. The molecule has 144 valence electrons. The number of benzene rings is 2. The number of carbonyl (C=O) groups is 2. The molecular weight excluding hydrogens is 342 g/mol. The smallest absolute Gasteiger partial charge is 0.338 e. The number of carbonyl (C=O) groups excluding carboxylic acids is 2. The number of aryl methyl sites for hydroxylation is 1. The van der Waals surface area contributed by atoms with E-state index in [0.717, 1.165) is 18.6 Å². The molecule has 5 nitrogen and oxygen atoms in total. The highest BCUT2D eigenvalue weighted by molar-refractivity contribution is 5.93. The van der Waals surface area contributed by atoms with Crippen LogP contribution in [0.1, 0.15) is 48.5 Å². The molecule has 1 amide bonds. The van der Waals surface area contributed by atoms with Crippen molar-refractivity contribution in [2.75, 3.05) is 18.5 Å². The van der Waals surface area contributed by atoms with Crippen molar-refractivity contribution in [3.8, 4) is 5.75 Å². The van der Waals surface area contributed by atoms with Gasteiger partial charge in [-0.2, -0.15) is 0 Å². The molecule has 0 aromatic heterocycles. The maximum absolute atomic E-state index is 12.0. The number of unbranched alkanes of at least 4 members (excludes halogenated alkanes) is 1. The Balaban J connectivity index is 1.69. The summed E-state index contributed by atoms with van der Waals surface area (Å²) in [7, 11) is 0. The fraction of sp³-hybridized carbons (Fsp3) is 0.364. The average Bonchev–Trinajstić information content (AvgIpc) is 2.67. The van der Waals surface area contributed by atoms with Crippen molar-refractivity contribution in [2.45, 2.75) is 39.5 Å². The topological polar surface area (TPSA) is 64.6 Å². The summed E-state index contributed by atoms with van der Waals surface area (Å²) in [6.45, 7) is 4.98. The Morgan fingerprint density at radius 1 is 0.926 bits per heavy atom. The first-order chi connectivity index (χ1) is 13.1. The van der Waals surface area contributed by atoms with Crippen molar-refractivity contribution >= 4 is 17.6 Å². The van der Waals surface area contributed by atoms with Crippen LogP contribution in [0.5, 0.6) is 5.75 Å². The lowest BCUT2D eigenvalue weighted by molar-refractivity contribution is -0.116. The van der Waals surface area contributed by atoms with Crippen molar-refractivity contribution in [2.24, 2.45) is 0 Å². The minimum Gasteiger partial charge on any atom is -0.494 e. The first-order valence-corrected chi connectivity index (χ1v) is 9.35. The van der Waals surface area contributed by atoms with Crippen LogP contribution in [-0.2, 0) is 9.53 Å². The Morgan fingerprint density at radius 2 is 1.63 bits per heavy atom. The zero-order chi connectivity index (χ0) is 19.5. The zero-order valence-electron chi connectivity index (χ0n) is 16.0. The lowest BCUT2D eigenvalue weighted by Gasteiger charge is -2.08.